The molecule has 4 aromatic carbocycles. The first-order valence-electron chi connectivity index (χ1n) is 14.7. The molecule has 0 heterocycles. The molecule has 0 aliphatic carbocycles. The lowest BCUT2D eigenvalue weighted by molar-refractivity contribution is -0.0506. The molecule has 15 nitrogen and oxygen atoms in total. The maximum atomic E-state index is 13.7. The zero-order valence-electron chi connectivity index (χ0n) is 28.9. The number of fused-ring (bicyclic) bond motifs is 2. The Morgan fingerprint density at radius 2 is 0.629 bits per heavy atom. The third-order valence-electron chi connectivity index (χ3n) is 7.14. The predicted molar refractivity (Wildman–Crippen MR) is 174 cm³/mol. The number of aryl methyl sites for hydroxylation is 2. The lowest BCUT2D eigenvalue weighted by Gasteiger charge is -2.22. The zero-order chi connectivity index (χ0) is 48.0. The second-order valence-corrected chi connectivity index (χ2v) is 19.3. The number of halogens is 15. The maximum Gasteiger partial charge on any atom is 0.534 e. The second kappa shape index (κ2) is 15.1. The van der Waals surface area contributed by atoms with Crippen molar-refractivity contribution in [3.8, 4) is 39.9 Å². The van der Waals surface area contributed by atoms with E-state index in [0.717, 1.165) is 13.8 Å². The smallest absolute Gasteiger partial charge is 0.375 e. The van der Waals surface area contributed by atoms with E-state index in [2.05, 4.69) is 20.9 Å². The van der Waals surface area contributed by atoms with Crippen LogP contribution in [0.15, 0.2) is 42.5 Å². The number of hydrogen-bond donors (Lipinski definition) is 0. The van der Waals surface area contributed by atoms with E-state index >= 15 is 0 Å². The van der Waals surface area contributed by atoms with Crippen LogP contribution in [-0.2, 0) is 50.6 Å². The molecule has 0 saturated carbocycles. The van der Waals surface area contributed by atoms with Gasteiger partial charge in [-0.2, -0.15) is 108 Å². The molecule has 0 spiro atoms. The second-order valence-electron chi connectivity index (χ2n) is 11.6. The van der Waals surface area contributed by atoms with E-state index < -0.39 is 157 Å². The van der Waals surface area contributed by atoms with E-state index in [1.807, 2.05) is 0 Å². The van der Waals surface area contributed by atoms with Crippen LogP contribution in [0.4, 0.5) is 65.9 Å². The number of rotatable bonds is 11. The molecule has 0 aliphatic heterocycles. The van der Waals surface area contributed by atoms with Crippen LogP contribution < -0.4 is 20.9 Å². The molecule has 0 radical (unpaired) electrons. The van der Waals surface area contributed by atoms with Crippen molar-refractivity contribution in [2.24, 2.45) is 0 Å². The summed E-state index contributed by atoms with van der Waals surface area (Å²) >= 11 is 0. The number of hydrogen-bond acceptors (Lipinski definition) is 15. The van der Waals surface area contributed by atoms with Crippen LogP contribution >= 0.6 is 0 Å². The van der Waals surface area contributed by atoms with Crippen molar-refractivity contribution in [3.63, 3.8) is 0 Å². The van der Waals surface area contributed by atoms with Crippen LogP contribution in [0.3, 0.4) is 0 Å². The predicted octanol–water partition coefficient (Wildman–Crippen LogP) is 7.42. The average Bonchev–Trinajstić information content (AvgIpc) is 3.01. The molecule has 0 saturated heterocycles. The van der Waals surface area contributed by atoms with E-state index in [4.69, 9.17) is 0 Å². The lowest BCUT2D eigenvalue weighted by Crippen LogP contribution is -2.29. The van der Waals surface area contributed by atoms with E-state index in [0.29, 0.717) is 12.1 Å². The Morgan fingerprint density at radius 3 is 0.968 bits per heavy atom. The highest BCUT2D eigenvalue weighted by Gasteiger charge is 2.53. The Balaban J connectivity index is 2.43. The van der Waals surface area contributed by atoms with Gasteiger partial charge in [-0.25, -0.2) is 0 Å². The summed E-state index contributed by atoms with van der Waals surface area (Å²) in [7, 11) is -35.4. The van der Waals surface area contributed by atoms with Gasteiger partial charge in [-0.15, -0.1) is 0 Å². The monoisotopic (exact) mass is 1020 g/mol. The van der Waals surface area contributed by atoms with Crippen LogP contribution in [0, 0.1) is 13.8 Å². The molecule has 0 N–H and O–H groups in total. The zero-order valence-corrected chi connectivity index (χ0v) is 33.0. The molecule has 0 bridgehead atoms. The van der Waals surface area contributed by atoms with Gasteiger partial charge < -0.3 is 20.9 Å². The van der Waals surface area contributed by atoms with Crippen LogP contribution in [0.1, 0.15) is 11.1 Å². The molecule has 4 rings (SSSR count). The molecule has 62 heavy (non-hydrogen) atoms. The van der Waals surface area contributed by atoms with Gasteiger partial charge >= 0.3 is 78.1 Å². The van der Waals surface area contributed by atoms with Crippen molar-refractivity contribution in [2.75, 3.05) is 0 Å². The summed E-state index contributed by atoms with van der Waals surface area (Å²) < 4.78 is 344. The Morgan fingerprint density at radius 1 is 0.355 bits per heavy atom. The third-order valence-corrected chi connectivity index (χ3v) is 12.0. The highest BCUT2D eigenvalue weighted by molar-refractivity contribution is 7.89. The molecule has 35 heteroatoms. The Labute approximate surface area is 335 Å². The molecule has 346 valence electrons. The van der Waals surface area contributed by atoms with Gasteiger partial charge in [-0.1, -0.05) is 12.1 Å². The van der Waals surface area contributed by atoms with E-state index in [1.165, 1.54) is 0 Å². The van der Waals surface area contributed by atoms with Gasteiger partial charge in [-0.05, 0) is 60.2 Å². The van der Waals surface area contributed by atoms with Gasteiger partial charge in [0, 0.05) is 17.0 Å². The van der Waals surface area contributed by atoms with Crippen LogP contribution in [-0.4, -0.2) is 69.6 Å². The van der Waals surface area contributed by atoms with Gasteiger partial charge in [0.25, 0.3) is 0 Å². The van der Waals surface area contributed by atoms with E-state index in [9.17, 15) is 108 Å². The topological polar surface area (TPSA) is 217 Å². The Hall–Kier alpha value is -4.90. The first kappa shape index (κ1) is 49.8. The first-order chi connectivity index (χ1) is 27.4. The molecule has 0 amide bonds. The van der Waals surface area contributed by atoms with Gasteiger partial charge in [-0.3, -0.25) is 0 Å². The standard InChI is InChI=1S/C27H13F15O15S5/c1-10-5-13-12(3-4-15(53-58(43,44)23(28,29)30)21(13)16(7-10)54-59(45,46)24(31,32)33)20-14-6-11(2)8-17(55-60(47,48)25(34,35)36)22(14)19(57-62(51,52)27(40,41)42)9-18(20)56-61(49,50)26(37,38)39/h3-9H,1-2H3. The van der Waals surface area contributed by atoms with E-state index in [-0.39, 0.29) is 24.3 Å². The van der Waals surface area contributed by atoms with Gasteiger partial charge in [0.2, 0.25) is 0 Å². The quantitative estimate of drug-likeness (QED) is 0.0811. The molecular formula is C27H13F15O15S5. The van der Waals surface area contributed by atoms with E-state index in [1.54, 1.807) is 0 Å². The van der Waals surface area contributed by atoms with Gasteiger partial charge in [0.15, 0.2) is 28.7 Å². The third kappa shape index (κ3) is 9.53. The Kier molecular flexibility index (Phi) is 12.1. The van der Waals surface area contributed by atoms with Gasteiger partial charge in [0.1, 0.15) is 0 Å². The fourth-order valence-electron chi connectivity index (χ4n) is 4.81. The van der Waals surface area contributed by atoms with Crippen molar-refractivity contribution in [1.82, 2.24) is 0 Å². The highest BCUT2D eigenvalue weighted by Crippen LogP contribution is 2.52. The molecular weight excluding hydrogens is 1010 g/mol. The summed E-state index contributed by atoms with van der Waals surface area (Å²) in [4.78, 5) is 0. The first-order valence-corrected chi connectivity index (χ1v) is 21.7. The summed E-state index contributed by atoms with van der Waals surface area (Å²) in [5, 5.41) is -6.30. The summed E-state index contributed by atoms with van der Waals surface area (Å²) in [6.45, 7) is 1.52. The minimum atomic E-state index is -7.23. The van der Waals surface area contributed by atoms with Crippen LogP contribution in [0.25, 0.3) is 32.7 Å². The van der Waals surface area contributed by atoms with Crippen molar-refractivity contribution < 1.29 is 129 Å². The molecule has 0 fully saturated rings. The minimum Gasteiger partial charge on any atom is -0.375 e. The fourth-order valence-corrected chi connectivity index (χ4v) is 7.13. The minimum absolute atomic E-state index is 0.0723. The average molecular weight is 1020 g/mol. The number of alkyl halides is 15. The maximum absolute atomic E-state index is 13.7. The van der Waals surface area contributed by atoms with Crippen molar-refractivity contribution in [3.05, 3.63) is 53.6 Å². The lowest BCUT2D eigenvalue weighted by atomic mass is 9.90. The summed E-state index contributed by atoms with van der Waals surface area (Å²) in [5.41, 5.74) is -36.7. The molecule has 0 atom stereocenters. The molecule has 0 aromatic heterocycles. The van der Waals surface area contributed by atoms with Crippen LogP contribution in [0.5, 0.6) is 28.7 Å². The van der Waals surface area contributed by atoms with Crippen molar-refractivity contribution in [2.45, 2.75) is 41.4 Å². The number of benzene rings is 4. The van der Waals surface area contributed by atoms with Crippen molar-refractivity contribution in [1.29, 1.82) is 0 Å². The summed E-state index contributed by atoms with van der Waals surface area (Å²) in [6, 6.07) is 0.723. The highest BCUT2D eigenvalue weighted by atomic mass is 32.2. The van der Waals surface area contributed by atoms with Crippen molar-refractivity contribution >= 4 is 72.1 Å². The molecule has 0 unspecified atom stereocenters. The SMILES string of the molecule is Cc1cc(OS(=O)(=O)C(F)(F)F)c2c(OS(=O)(=O)C(F)(F)F)ccc(-c3c(OS(=O)(=O)C(F)(F)F)cc(OS(=O)(=O)C(F)(F)F)c4c(OS(=O)(=O)C(F)(F)F)cc(C)cc34)c2c1. The largest absolute Gasteiger partial charge is 0.534 e. The molecule has 0 aliphatic rings. The Bertz CT molecular complexity index is 3060. The molecule has 4 aromatic rings. The summed E-state index contributed by atoms with van der Waals surface area (Å²) in [5.74, 6) is -10.1. The summed E-state index contributed by atoms with van der Waals surface area (Å²) in [6.07, 6.45) is 0. The normalized spacial score (nSPS) is 14.2. The van der Waals surface area contributed by atoms with Gasteiger partial charge in [0.05, 0.1) is 10.8 Å². The fraction of sp³-hybridized carbons (Fsp3) is 0.259. The van der Waals surface area contributed by atoms with Crippen LogP contribution in [0.2, 0.25) is 0 Å².